The number of nitrogens with zero attached hydrogens (tertiary/aromatic N) is 1. The zero-order valence-electron chi connectivity index (χ0n) is 18.0. The van der Waals surface area contributed by atoms with E-state index in [1.54, 1.807) is 17.0 Å². The van der Waals surface area contributed by atoms with Gasteiger partial charge in [-0.2, -0.15) is 8.42 Å². The van der Waals surface area contributed by atoms with Crippen molar-refractivity contribution < 1.29 is 31.3 Å². The third-order valence-corrected chi connectivity index (χ3v) is 6.21. The summed E-state index contributed by atoms with van der Waals surface area (Å²) in [5.74, 6) is -0.370. The van der Waals surface area contributed by atoms with Crippen molar-refractivity contribution in [3.05, 3.63) is 53.8 Å². The Kier molecular flexibility index (Phi) is 7.92. The van der Waals surface area contributed by atoms with E-state index in [9.17, 15) is 17.6 Å². The first-order chi connectivity index (χ1) is 15.3. The molecule has 0 aliphatic carbocycles. The van der Waals surface area contributed by atoms with Crippen molar-refractivity contribution in [3.8, 4) is 11.5 Å². The second-order valence-electron chi connectivity index (χ2n) is 7.33. The Balaban J connectivity index is 1.83. The zero-order chi connectivity index (χ0) is 23.1. The largest absolute Gasteiger partial charge is 0.493 e. The number of carbonyl (C=O) groups excluding carboxylic acids is 1. The highest BCUT2D eigenvalue weighted by molar-refractivity contribution is 7.87. The lowest BCUT2D eigenvalue weighted by Crippen LogP contribution is -2.43. The van der Waals surface area contributed by atoms with Crippen LogP contribution in [0.2, 0.25) is 0 Å². The summed E-state index contributed by atoms with van der Waals surface area (Å²) in [4.78, 5) is 14.0. The molecule has 2 aromatic carbocycles. The highest BCUT2D eigenvalue weighted by atomic mass is 32.2. The molecule has 1 aliphatic rings. The summed E-state index contributed by atoms with van der Waals surface area (Å²) in [5, 5.41) is 2.79. The van der Waals surface area contributed by atoms with Gasteiger partial charge in [0.15, 0.2) is 11.5 Å². The van der Waals surface area contributed by atoms with Crippen LogP contribution in [0.25, 0.3) is 0 Å². The SMILES string of the molecule is CCNC(=O)N(Cc1ccc(OC)c(OS(=O)(=O)c2ccc(F)cc2)c1)CC1CCCO1. The number of rotatable bonds is 9. The van der Waals surface area contributed by atoms with Crippen molar-refractivity contribution >= 4 is 16.1 Å². The summed E-state index contributed by atoms with van der Waals surface area (Å²) in [6.45, 7) is 3.63. The van der Waals surface area contributed by atoms with Gasteiger partial charge in [0, 0.05) is 26.2 Å². The molecule has 1 atom stereocenters. The van der Waals surface area contributed by atoms with Gasteiger partial charge in [-0.1, -0.05) is 6.07 Å². The summed E-state index contributed by atoms with van der Waals surface area (Å²) < 4.78 is 54.6. The van der Waals surface area contributed by atoms with E-state index in [2.05, 4.69) is 5.32 Å². The van der Waals surface area contributed by atoms with E-state index in [4.69, 9.17) is 13.7 Å². The third-order valence-electron chi connectivity index (χ3n) is 4.97. The van der Waals surface area contributed by atoms with Crippen LogP contribution >= 0.6 is 0 Å². The van der Waals surface area contributed by atoms with Crippen molar-refractivity contribution in [2.45, 2.75) is 37.3 Å². The minimum atomic E-state index is -4.21. The van der Waals surface area contributed by atoms with Gasteiger partial charge in [-0.05, 0) is 61.7 Å². The number of carbonyl (C=O) groups is 1. The van der Waals surface area contributed by atoms with Crippen LogP contribution in [0, 0.1) is 5.82 Å². The Morgan fingerprint density at radius 2 is 1.97 bits per heavy atom. The lowest BCUT2D eigenvalue weighted by molar-refractivity contribution is 0.0795. The molecule has 174 valence electrons. The quantitative estimate of drug-likeness (QED) is 0.570. The van der Waals surface area contributed by atoms with Crippen LogP contribution in [0.1, 0.15) is 25.3 Å². The minimum absolute atomic E-state index is 0.0257. The Hall–Kier alpha value is -2.85. The summed E-state index contributed by atoms with van der Waals surface area (Å²) >= 11 is 0. The first kappa shape index (κ1) is 23.8. The highest BCUT2D eigenvalue weighted by Gasteiger charge is 2.24. The predicted octanol–water partition coefficient (Wildman–Crippen LogP) is 3.31. The molecule has 1 aliphatic heterocycles. The summed E-state index contributed by atoms with van der Waals surface area (Å²) in [6.07, 6.45) is 1.80. The maximum Gasteiger partial charge on any atom is 0.339 e. The molecule has 0 bridgehead atoms. The standard InChI is InChI=1S/C22H27FN2O6S/c1-3-24-22(26)25(15-18-5-4-12-30-18)14-16-6-11-20(29-2)21(13-16)31-32(27,28)19-9-7-17(23)8-10-19/h6-11,13,18H,3-5,12,14-15H2,1-2H3,(H,24,26). The molecule has 0 radical (unpaired) electrons. The smallest absolute Gasteiger partial charge is 0.339 e. The normalized spacial score (nSPS) is 15.9. The zero-order valence-corrected chi connectivity index (χ0v) is 18.9. The monoisotopic (exact) mass is 466 g/mol. The van der Waals surface area contributed by atoms with Crippen molar-refractivity contribution in [3.63, 3.8) is 0 Å². The fourth-order valence-corrected chi connectivity index (χ4v) is 4.32. The molecular formula is C22H27FN2O6S. The fourth-order valence-electron chi connectivity index (χ4n) is 3.39. The number of nitrogens with one attached hydrogen (secondary N) is 1. The molecule has 1 unspecified atom stereocenters. The van der Waals surface area contributed by atoms with Gasteiger partial charge in [-0.15, -0.1) is 0 Å². The average Bonchev–Trinajstić information content (AvgIpc) is 3.27. The molecule has 32 heavy (non-hydrogen) atoms. The van der Waals surface area contributed by atoms with E-state index in [1.807, 2.05) is 6.92 Å². The topological polar surface area (TPSA) is 94.2 Å². The van der Waals surface area contributed by atoms with Crippen LogP contribution in [0.15, 0.2) is 47.4 Å². The number of amides is 2. The summed E-state index contributed by atoms with van der Waals surface area (Å²) in [6, 6.07) is 8.92. The third kappa shape index (κ3) is 6.10. The van der Waals surface area contributed by atoms with Gasteiger partial charge in [0.1, 0.15) is 10.7 Å². The van der Waals surface area contributed by atoms with Crippen molar-refractivity contribution in [2.75, 3.05) is 26.8 Å². The summed E-state index contributed by atoms with van der Waals surface area (Å²) in [5.41, 5.74) is 0.652. The van der Waals surface area contributed by atoms with Crippen LogP contribution in [0.3, 0.4) is 0 Å². The van der Waals surface area contributed by atoms with Crippen LogP contribution < -0.4 is 14.2 Å². The van der Waals surface area contributed by atoms with E-state index in [1.165, 1.54) is 13.2 Å². The first-order valence-corrected chi connectivity index (χ1v) is 11.7. The first-order valence-electron chi connectivity index (χ1n) is 10.3. The minimum Gasteiger partial charge on any atom is -0.493 e. The van der Waals surface area contributed by atoms with Crippen molar-refractivity contribution in [1.82, 2.24) is 10.2 Å². The van der Waals surface area contributed by atoms with Gasteiger partial charge in [-0.25, -0.2) is 9.18 Å². The van der Waals surface area contributed by atoms with E-state index in [0.29, 0.717) is 25.3 Å². The molecule has 10 heteroatoms. The van der Waals surface area contributed by atoms with Crippen LogP contribution in [0.5, 0.6) is 11.5 Å². The van der Waals surface area contributed by atoms with E-state index >= 15 is 0 Å². The number of hydrogen-bond donors (Lipinski definition) is 1. The van der Waals surface area contributed by atoms with Gasteiger partial charge in [0.2, 0.25) is 0 Å². The Morgan fingerprint density at radius 3 is 2.59 bits per heavy atom. The number of ether oxygens (including phenoxy) is 2. The van der Waals surface area contributed by atoms with Gasteiger partial charge in [0.05, 0.1) is 13.2 Å². The molecular weight excluding hydrogens is 439 g/mol. The van der Waals surface area contributed by atoms with Crippen molar-refractivity contribution in [2.24, 2.45) is 0 Å². The van der Waals surface area contributed by atoms with E-state index in [0.717, 1.165) is 37.1 Å². The fraction of sp³-hybridized carbons (Fsp3) is 0.409. The molecule has 2 aromatic rings. The maximum atomic E-state index is 13.2. The maximum absolute atomic E-state index is 13.2. The lowest BCUT2D eigenvalue weighted by Gasteiger charge is -2.26. The van der Waals surface area contributed by atoms with Gasteiger partial charge < -0.3 is 23.9 Å². The predicted molar refractivity (Wildman–Crippen MR) is 116 cm³/mol. The Labute approximate surface area is 187 Å². The number of hydrogen-bond acceptors (Lipinski definition) is 6. The van der Waals surface area contributed by atoms with Gasteiger partial charge in [0.25, 0.3) is 0 Å². The summed E-state index contributed by atoms with van der Waals surface area (Å²) in [7, 11) is -2.82. The number of urea groups is 1. The molecule has 1 saturated heterocycles. The Morgan fingerprint density at radius 1 is 1.22 bits per heavy atom. The van der Waals surface area contributed by atoms with E-state index < -0.39 is 15.9 Å². The van der Waals surface area contributed by atoms with Crippen LogP contribution in [-0.2, 0) is 21.4 Å². The molecule has 1 heterocycles. The number of halogens is 1. The average molecular weight is 467 g/mol. The molecule has 0 saturated carbocycles. The molecule has 1 N–H and O–H groups in total. The van der Waals surface area contributed by atoms with Gasteiger partial charge >= 0.3 is 16.1 Å². The molecule has 0 spiro atoms. The second kappa shape index (κ2) is 10.6. The molecule has 1 fully saturated rings. The van der Waals surface area contributed by atoms with Gasteiger partial charge in [-0.3, -0.25) is 0 Å². The second-order valence-corrected chi connectivity index (χ2v) is 8.87. The van der Waals surface area contributed by atoms with E-state index in [-0.39, 0.29) is 35.1 Å². The number of benzene rings is 2. The molecule has 3 rings (SSSR count). The number of methoxy groups -OCH3 is 1. The lowest BCUT2D eigenvalue weighted by atomic mass is 10.1. The van der Waals surface area contributed by atoms with Crippen LogP contribution in [0.4, 0.5) is 9.18 Å². The molecule has 0 aromatic heterocycles. The Bertz CT molecular complexity index is 1020. The molecule has 8 nitrogen and oxygen atoms in total. The van der Waals surface area contributed by atoms with Crippen molar-refractivity contribution in [1.29, 1.82) is 0 Å². The molecule has 2 amide bonds. The highest BCUT2D eigenvalue weighted by Crippen LogP contribution is 2.31. The van der Waals surface area contributed by atoms with Crippen LogP contribution in [-0.4, -0.2) is 52.3 Å².